The number of aryl methyl sites for hydroxylation is 1. The Labute approximate surface area is 85.9 Å². The summed E-state index contributed by atoms with van der Waals surface area (Å²) >= 11 is 3.34. The van der Waals surface area contributed by atoms with Crippen LogP contribution in [-0.4, -0.2) is 5.11 Å². The molecule has 1 unspecified atom stereocenters. The molecule has 0 heterocycles. The first-order valence-corrected chi connectivity index (χ1v) is 4.75. The second-order valence-corrected chi connectivity index (χ2v) is 3.79. The minimum atomic E-state index is -0.668. The number of nitriles is 1. The summed E-state index contributed by atoms with van der Waals surface area (Å²) in [5, 5.41) is 18.0. The van der Waals surface area contributed by atoms with E-state index in [2.05, 4.69) is 15.9 Å². The third-order valence-corrected chi connectivity index (χ3v) is 2.37. The smallest absolute Gasteiger partial charge is 0.0922 e. The van der Waals surface area contributed by atoms with E-state index in [4.69, 9.17) is 5.26 Å². The number of benzene rings is 1. The van der Waals surface area contributed by atoms with Crippen molar-refractivity contribution in [1.29, 1.82) is 5.26 Å². The fourth-order valence-corrected chi connectivity index (χ4v) is 1.68. The summed E-state index contributed by atoms with van der Waals surface area (Å²) in [4.78, 5) is 0. The summed E-state index contributed by atoms with van der Waals surface area (Å²) < 4.78 is 0.984. The van der Waals surface area contributed by atoms with Gasteiger partial charge in [-0.3, -0.25) is 0 Å². The zero-order valence-corrected chi connectivity index (χ0v) is 8.87. The molecule has 0 aromatic heterocycles. The van der Waals surface area contributed by atoms with E-state index in [1.165, 1.54) is 0 Å². The van der Waals surface area contributed by atoms with Gasteiger partial charge in [-0.2, -0.15) is 5.26 Å². The topological polar surface area (TPSA) is 44.0 Å². The molecule has 0 fully saturated rings. The Balaban J connectivity index is 2.96. The Morgan fingerprint density at radius 2 is 2.31 bits per heavy atom. The number of hydrogen-bond donors (Lipinski definition) is 1. The molecular weight excluding hydrogens is 230 g/mol. The molecule has 0 aliphatic heterocycles. The first-order valence-electron chi connectivity index (χ1n) is 3.96. The van der Waals surface area contributed by atoms with Crippen molar-refractivity contribution < 1.29 is 5.11 Å². The molecule has 1 rings (SSSR count). The van der Waals surface area contributed by atoms with E-state index in [1.807, 2.05) is 31.2 Å². The number of halogens is 1. The standard InChI is InChI=1S/C10H10BrNO/c1-7-6-8(11)2-3-9(7)10(13)4-5-12/h2-3,6,10,13H,4H2,1H3. The van der Waals surface area contributed by atoms with Crippen LogP contribution in [0.25, 0.3) is 0 Å². The maximum absolute atomic E-state index is 9.55. The summed E-state index contributed by atoms with van der Waals surface area (Å²) in [6.45, 7) is 1.92. The number of hydrogen-bond acceptors (Lipinski definition) is 2. The lowest BCUT2D eigenvalue weighted by Crippen LogP contribution is -1.98. The lowest BCUT2D eigenvalue weighted by molar-refractivity contribution is 0.182. The third kappa shape index (κ3) is 2.55. The Kier molecular flexibility index (Phi) is 3.47. The molecule has 0 bridgehead atoms. The summed E-state index contributed by atoms with van der Waals surface area (Å²) in [5.74, 6) is 0. The van der Waals surface area contributed by atoms with Gasteiger partial charge in [0.2, 0.25) is 0 Å². The van der Waals surface area contributed by atoms with Crippen molar-refractivity contribution >= 4 is 15.9 Å². The van der Waals surface area contributed by atoms with Crippen molar-refractivity contribution in [3.8, 4) is 6.07 Å². The third-order valence-electron chi connectivity index (χ3n) is 1.88. The van der Waals surface area contributed by atoms with Gasteiger partial charge in [-0.1, -0.05) is 22.0 Å². The lowest BCUT2D eigenvalue weighted by atomic mass is 10.0. The quantitative estimate of drug-likeness (QED) is 0.863. The van der Waals surface area contributed by atoms with Crippen LogP contribution in [0.1, 0.15) is 23.7 Å². The van der Waals surface area contributed by atoms with Crippen LogP contribution in [0.2, 0.25) is 0 Å². The number of rotatable bonds is 2. The summed E-state index contributed by atoms with van der Waals surface area (Å²) in [7, 11) is 0. The van der Waals surface area contributed by atoms with E-state index in [9.17, 15) is 5.11 Å². The molecule has 3 heteroatoms. The van der Waals surface area contributed by atoms with Crippen molar-refractivity contribution in [2.24, 2.45) is 0 Å². The van der Waals surface area contributed by atoms with Gasteiger partial charge in [-0.15, -0.1) is 0 Å². The number of nitrogens with zero attached hydrogens (tertiary/aromatic N) is 1. The van der Waals surface area contributed by atoms with Gasteiger partial charge in [0.1, 0.15) is 0 Å². The summed E-state index contributed by atoms with van der Waals surface area (Å²) in [6, 6.07) is 7.57. The lowest BCUT2D eigenvalue weighted by Gasteiger charge is -2.10. The maximum atomic E-state index is 9.55. The highest BCUT2D eigenvalue weighted by molar-refractivity contribution is 9.10. The Morgan fingerprint density at radius 1 is 1.62 bits per heavy atom. The van der Waals surface area contributed by atoms with Crippen LogP contribution in [0.5, 0.6) is 0 Å². The van der Waals surface area contributed by atoms with Crippen LogP contribution in [-0.2, 0) is 0 Å². The van der Waals surface area contributed by atoms with Gasteiger partial charge < -0.3 is 5.11 Å². The Morgan fingerprint density at radius 3 is 2.85 bits per heavy atom. The van der Waals surface area contributed by atoms with Gasteiger partial charge in [0.25, 0.3) is 0 Å². The summed E-state index contributed by atoms with van der Waals surface area (Å²) in [5.41, 5.74) is 1.82. The van der Waals surface area contributed by atoms with Crippen LogP contribution < -0.4 is 0 Å². The molecule has 68 valence electrons. The molecule has 1 atom stereocenters. The molecule has 0 saturated carbocycles. The molecule has 0 amide bonds. The maximum Gasteiger partial charge on any atom is 0.0922 e. The van der Waals surface area contributed by atoms with Crippen molar-refractivity contribution in [2.75, 3.05) is 0 Å². The molecule has 0 spiro atoms. The van der Waals surface area contributed by atoms with Crippen molar-refractivity contribution in [3.05, 3.63) is 33.8 Å². The average Bonchev–Trinajstić information content (AvgIpc) is 2.04. The van der Waals surface area contributed by atoms with E-state index in [-0.39, 0.29) is 6.42 Å². The first-order chi connectivity index (χ1) is 6.15. The van der Waals surface area contributed by atoms with Crippen LogP contribution in [0, 0.1) is 18.3 Å². The number of aliphatic hydroxyl groups is 1. The molecule has 0 saturated heterocycles. The van der Waals surface area contributed by atoms with Crippen molar-refractivity contribution in [3.63, 3.8) is 0 Å². The zero-order valence-electron chi connectivity index (χ0n) is 7.29. The molecular formula is C10H10BrNO. The van der Waals surface area contributed by atoms with Crippen LogP contribution >= 0.6 is 15.9 Å². The van der Waals surface area contributed by atoms with Crippen molar-refractivity contribution in [2.45, 2.75) is 19.4 Å². The van der Waals surface area contributed by atoms with Crippen molar-refractivity contribution in [1.82, 2.24) is 0 Å². The number of aliphatic hydroxyl groups excluding tert-OH is 1. The minimum absolute atomic E-state index is 0.141. The van der Waals surface area contributed by atoms with Crippen LogP contribution in [0.15, 0.2) is 22.7 Å². The summed E-state index contributed by atoms with van der Waals surface area (Å²) in [6.07, 6.45) is -0.527. The van der Waals surface area contributed by atoms with Crippen LogP contribution in [0.4, 0.5) is 0 Å². The minimum Gasteiger partial charge on any atom is -0.387 e. The van der Waals surface area contributed by atoms with E-state index in [1.54, 1.807) is 0 Å². The molecule has 1 N–H and O–H groups in total. The van der Waals surface area contributed by atoms with E-state index in [0.29, 0.717) is 0 Å². The monoisotopic (exact) mass is 239 g/mol. The van der Waals surface area contributed by atoms with Crippen LogP contribution in [0.3, 0.4) is 0 Å². The highest BCUT2D eigenvalue weighted by Crippen LogP contribution is 2.23. The predicted octanol–water partition coefficient (Wildman–Crippen LogP) is 2.70. The molecule has 1 aromatic rings. The Hall–Kier alpha value is -0.850. The van der Waals surface area contributed by atoms with Gasteiger partial charge in [0, 0.05) is 4.47 Å². The molecule has 0 radical (unpaired) electrons. The predicted molar refractivity (Wildman–Crippen MR) is 54.1 cm³/mol. The largest absolute Gasteiger partial charge is 0.387 e. The van der Waals surface area contributed by atoms with E-state index in [0.717, 1.165) is 15.6 Å². The average molecular weight is 240 g/mol. The second-order valence-electron chi connectivity index (χ2n) is 2.88. The van der Waals surface area contributed by atoms with E-state index >= 15 is 0 Å². The first kappa shape index (κ1) is 10.2. The van der Waals surface area contributed by atoms with Gasteiger partial charge in [0.05, 0.1) is 18.6 Å². The Bertz CT molecular complexity index is 343. The second kappa shape index (κ2) is 4.40. The SMILES string of the molecule is Cc1cc(Br)ccc1C(O)CC#N. The molecule has 0 aliphatic carbocycles. The normalized spacial score (nSPS) is 12.2. The fourth-order valence-electron chi connectivity index (χ4n) is 1.21. The fraction of sp³-hybridized carbons (Fsp3) is 0.300. The highest BCUT2D eigenvalue weighted by atomic mass is 79.9. The van der Waals surface area contributed by atoms with E-state index < -0.39 is 6.10 Å². The van der Waals surface area contributed by atoms with Gasteiger partial charge >= 0.3 is 0 Å². The van der Waals surface area contributed by atoms with Gasteiger partial charge in [-0.05, 0) is 30.2 Å². The molecule has 2 nitrogen and oxygen atoms in total. The molecule has 13 heavy (non-hydrogen) atoms. The molecule has 1 aromatic carbocycles. The van der Waals surface area contributed by atoms with Gasteiger partial charge in [0.15, 0.2) is 0 Å². The zero-order chi connectivity index (χ0) is 9.84. The molecule has 0 aliphatic rings. The highest BCUT2D eigenvalue weighted by Gasteiger charge is 2.09. The van der Waals surface area contributed by atoms with Gasteiger partial charge in [-0.25, -0.2) is 0 Å².